The molecule has 0 unspecified atom stereocenters. The molecule has 0 aliphatic rings. The van der Waals surface area contributed by atoms with Crippen LogP contribution in [0.5, 0.6) is 11.5 Å². The zero-order chi connectivity index (χ0) is 16.8. The highest BCUT2D eigenvalue weighted by Gasteiger charge is 2.14. The monoisotopic (exact) mass is 333 g/mol. The number of non-ortho nitro benzene ring substituents is 1. The second-order valence-electron chi connectivity index (χ2n) is 4.40. The van der Waals surface area contributed by atoms with Gasteiger partial charge < -0.3 is 9.47 Å². The molecule has 0 atom stereocenters. The Morgan fingerprint density at radius 3 is 2.48 bits per heavy atom. The van der Waals surface area contributed by atoms with E-state index >= 15 is 0 Å². The van der Waals surface area contributed by atoms with Crippen molar-refractivity contribution in [3.05, 3.63) is 69.2 Å². The number of esters is 1. The highest BCUT2D eigenvalue weighted by atomic mass is 35.5. The number of carbonyl (C=O) groups is 1. The Labute approximate surface area is 137 Å². The summed E-state index contributed by atoms with van der Waals surface area (Å²) in [4.78, 5) is 22.0. The number of carbonyl (C=O) groups excluding carboxylic acids is 1. The summed E-state index contributed by atoms with van der Waals surface area (Å²) < 4.78 is 10.1. The lowest BCUT2D eigenvalue weighted by atomic mass is 10.2. The van der Waals surface area contributed by atoms with E-state index in [0.29, 0.717) is 5.02 Å². The van der Waals surface area contributed by atoms with Gasteiger partial charge in [-0.2, -0.15) is 0 Å². The minimum Gasteiger partial charge on any atom is -0.493 e. The van der Waals surface area contributed by atoms with Crippen LogP contribution in [0.15, 0.2) is 48.5 Å². The minimum atomic E-state index is -0.682. The second kappa shape index (κ2) is 7.42. The van der Waals surface area contributed by atoms with E-state index in [1.807, 2.05) is 0 Å². The number of benzene rings is 2. The van der Waals surface area contributed by atoms with E-state index in [0.717, 1.165) is 11.6 Å². The van der Waals surface area contributed by atoms with Gasteiger partial charge in [0.1, 0.15) is 0 Å². The molecule has 0 aliphatic heterocycles. The Balaban J connectivity index is 2.14. The van der Waals surface area contributed by atoms with Crippen molar-refractivity contribution in [2.45, 2.75) is 0 Å². The largest absolute Gasteiger partial charge is 0.493 e. The van der Waals surface area contributed by atoms with Crippen LogP contribution >= 0.6 is 11.6 Å². The first kappa shape index (κ1) is 16.5. The summed E-state index contributed by atoms with van der Waals surface area (Å²) >= 11 is 5.77. The molecule has 0 aliphatic carbocycles. The van der Waals surface area contributed by atoms with Crippen molar-refractivity contribution in [3.63, 3.8) is 0 Å². The highest BCUT2D eigenvalue weighted by Crippen LogP contribution is 2.31. The Bertz CT molecular complexity index is 756. The standard InChI is InChI=1S/C16H12ClNO5/c1-22-14-8-7-13(18(20)21)10-15(14)23-16(19)9-4-11-2-5-12(17)6-3-11/h2-10H,1H3/b9-4+. The number of ether oxygens (including phenoxy) is 2. The number of hydrogen-bond donors (Lipinski definition) is 0. The van der Waals surface area contributed by atoms with Crippen molar-refractivity contribution in [2.75, 3.05) is 7.11 Å². The van der Waals surface area contributed by atoms with Gasteiger partial charge in [-0.15, -0.1) is 0 Å². The van der Waals surface area contributed by atoms with E-state index in [9.17, 15) is 14.9 Å². The quantitative estimate of drug-likeness (QED) is 0.273. The molecule has 6 nitrogen and oxygen atoms in total. The van der Waals surface area contributed by atoms with Gasteiger partial charge in [0, 0.05) is 17.2 Å². The molecule has 2 aromatic carbocycles. The molecular formula is C16H12ClNO5. The summed E-state index contributed by atoms with van der Waals surface area (Å²) in [5, 5.41) is 11.4. The molecule has 2 rings (SSSR count). The van der Waals surface area contributed by atoms with Gasteiger partial charge in [0.05, 0.1) is 18.1 Å². The molecule has 0 fully saturated rings. The molecule has 23 heavy (non-hydrogen) atoms. The second-order valence-corrected chi connectivity index (χ2v) is 4.83. The van der Waals surface area contributed by atoms with E-state index in [1.165, 1.54) is 25.3 Å². The number of nitrogens with zero attached hydrogens (tertiary/aromatic N) is 1. The molecule has 0 saturated heterocycles. The number of nitro benzene ring substituents is 1. The van der Waals surface area contributed by atoms with Gasteiger partial charge in [-0.3, -0.25) is 10.1 Å². The number of rotatable bonds is 5. The Hall–Kier alpha value is -2.86. The van der Waals surface area contributed by atoms with Gasteiger partial charge in [0.15, 0.2) is 11.5 Å². The Morgan fingerprint density at radius 2 is 1.87 bits per heavy atom. The molecule has 0 aromatic heterocycles. The maximum Gasteiger partial charge on any atom is 0.336 e. The van der Waals surface area contributed by atoms with Crippen LogP contribution in [0.2, 0.25) is 5.02 Å². The van der Waals surface area contributed by atoms with E-state index < -0.39 is 10.9 Å². The number of nitro groups is 1. The lowest BCUT2D eigenvalue weighted by molar-refractivity contribution is -0.384. The molecule has 0 radical (unpaired) electrons. The number of halogens is 1. The van der Waals surface area contributed by atoms with Gasteiger partial charge in [0.2, 0.25) is 0 Å². The third-order valence-corrected chi connectivity index (χ3v) is 3.10. The van der Waals surface area contributed by atoms with Gasteiger partial charge in [0.25, 0.3) is 5.69 Å². The molecular weight excluding hydrogens is 322 g/mol. The van der Waals surface area contributed by atoms with Crippen LogP contribution < -0.4 is 9.47 Å². The lowest BCUT2D eigenvalue weighted by Gasteiger charge is -2.07. The van der Waals surface area contributed by atoms with Crippen molar-refractivity contribution in [3.8, 4) is 11.5 Å². The first-order valence-electron chi connectivity index (χ1n) is 6.47. The van der Waals surface area contributed by atoms with Crippen molar-refractivity contribution < 1.29 is 19.2 Å². The van der Waals surface area contributed by atoms with Gasteiger partial charge in [-0.1, -0.05) is 23.7 Å². The highest BCUT2D eigenvalue weighted by molar-refractivity contribution is 6.30. The topological polar surface area (TPSA) is 78.7 Å². The molecule has 0 saturated carbocycles. The molecule has 118 valence electrons. The summed E-state index contributed by atoms with van der Waals surface area (Å²) in [6.07, 6.45) is 2.75. The fourth-order valence-corrected chi connectivity index (χ4v) is 1.87. The number of hydrogen-bond acceptors (Lipinski definition) is 5. The summed E-state index contributed by atoms with van der Waals surface area (Å²) in [6.45, 7) is 0. The molecule has 0 amide bonds. The van der Waals surface area contributed by atoms with E-state index in [1.54, 1.807) is 30.3 Å². The lowest BCUT2D eigenvalue weighted by Crippen LogP contribution is -2.05. The summed E-state index contributed by atoms with van der Waals surface area (Å²) in [7, 11) is 1.38. The van der Waals surface area contributed by atoms with Crippen LogP contribution in [0.1, 0.15) is 5.56 Å². The van der Waals surface area contributed by atoms with Crippen molar-refractivity contribution >= 4 is 29.3 Å². The fourth-order valence-electron chi connectivity index (χ4n) is 1.74. The summed E-state index contributed by atoms with van der Waals surface area (Å²) in [5.74, 6) is -0.477. The Kier molecular flexibility index (Phi) is 5.32. The first-order chi connectivity index (χ1) is 11.0. The minimum absolute atomic E-state index is 0.0209. The SMILES string of the molecule is COc1ccc([N+](=O)[O-])cc1OC(=O)/C=C/c1ccc(Cl)cc1. The summed E-state index contributed by atoms with van der Waals surface area (Å²) in [5.41, 5.74) is 0.563. The number of methoxy groups -OCH3 is 1. The van der Waals surface area contributed by atoms with Crippen LogP contribution in [0, 0.1) is 10.1 Å². The van der Waals surface area contributed by atoms with E-state index in [-0.39, 0.29) is 17.2 Å². The maximum atomic E-state index is 11.8. The van der Waals surface area contributed by atoms with Crippen LogP contribution in [-0.2, 0) is 4.79 Å². The average molecular weight is 334 g/mol. The smallest absolute Gasteiger partial charge is 0.336 e. The maximum absolute atomic E-state index is 11.8. The first-order valence-corrected chi connectivity index (χ1v) is 6.85. The molecule has 0 spiro atoms. The van der Waals surface area contributed by atoms with Crippen LogP contribution in [0.3, 0.4) is 0 Å². The molecule has 0 N–H and O–H groups in total. The van der Waals surface area contributed by atoms with Gasteiger partial charge >= 0.3 is 5.97 Å². The normalized spacial score (nSPS) is 10.5. The predicted molar refractivity (Wildman–Crippen MR) is 85.8 cm³/mol. The predicted octanol–water partition coefficient (Wildman–Crippen LogP) is 3.88. The zero-order valence-electron chi connectivity index (χ0n) is 12.1. The fraction of sp³-hybridized carbons (Fsp3) is 0.0625. The third kappa shape index (κ3) is 4.55. The molecule has 7 heteroatoms. The van der Waals surface area contributed by atoms with Gasteiger partial charge in [-0.05, 0) is 29.8 Å². The van der Waals surface area contributed by atoms with Crippen molar-refractivity contribution in [1.82, 2.24) is 0 Å². The summed E-state index contributed by atoms with van der Waals surface area (Å²) in [6, 6.07) is 10.6. The van der Waals surface area contributed by atoms with Gasteiger partial charge in [-0.25, -0.2) is 4.79 Å². The Morgan fingerprint density at radius 1 is 1.17 bits per heavy atom. The van der Waals surface area contributed by atoms with Crippen LogP contribution in [0.25, 0.3) is 6.08 Å². The van der Waals surface area contributed by atoms with Crippen LogP contribution in [0.4, 0.5) is 5.69 Å². The molecule has 0 heterocycles. The van der Waals surface area contributed by atoms with Crippen molar-refractivity contribution in [1.29, 1.82) is 0 Å². The average Bonchev–Trinajstić information content (AvgIpc) is 2.54. The third-order valence-electron chi connectivity index (χ3n) is 2.85. The van der Waals surface area contributed by atoms with Crippen molar-refractivity contribution in [2.24, 2.45) is 0 Å². The van der Waals surface area contributed by atoms with E-state index in [2.05, 4.69) is 0 Å². The molecule has 2 aromatic rings. The van der Waals surface area contributed by atoms with Crippen LogP contribution in [-0.4, -0.2) is 18.0 Å². The molecule has 0 bridgehead atoms. The zero-order valence-corrected chi connectivity index (χ0v) is 12.8. The van der Waals surface area contributed by atoms with E-state index in [4.69, 9.17) is 21.1 Å².